The fraction of sp³-hybridized carbons (Fsp3) is 0.174. The fourth-order valence-corrected chi connectivity index (χ4v) is 5.82. The third-order valence-electron chi connectivity index (χ3n) is 8.54. The molecule has 320 valence electrons. The average molecular weight is 886 g/mol. The minimum Gasteiger partial charge on any atom is -0.478 e. The molecule has 0 aliphatic rings. The topological polar surface area (TPSA) is 166 Å². The predicted molar refractivity (Wildman–Crippen MR) is 228 cm³/mol. The van der Waals surface area contributed by atoms with Gasteiger partial charge in [-0.3, -0.25) is 9.59 Å². The number of pyridine rings is 2. The van der Waals surface area contributed by atoms with Crippen LogP contribution in [-0.4, -0.2) is 44.4 Å². The number of hydrogen-bond donors (Lipinski definition) is 3. The number of aromatic nitrogens is 2. The first-order valence-electron chi connectivity index (χ1n) is 18.8. The van der Waals surface area contributed by atoms with Crippen LogP contribution in [0.1, 0.15) is 99.3 Å². The number of halogens is 4. The monoisotopic (exact) mass is 884 g/mol. The number of ether oxygens (including phenoxy) is 3. The van der Waals surface area contributed by atoms with Crippen LogP contribution in [-0.2, 0) is 4.74 Å². The second-order valence-corrected chi connectivity index (χ2v) is 15.4. The Morgan fingerprint density at radius 3 is 1.40 bits per heavy atom. The predicted octanol–water partition coefficient (Wildman–Crippen LogP) is 11.0. The summed E-state index contributed by atoms with van der Waals surface area (Å²) in [6.07, 6.45) is 2.66. The number of benzene rings is 4. The van der Waals surface area contributed by atoms with Gasteiger partial charge in [-0.25, -0.2) is 28.3 Å². The van der Waals surface area contributed by atoms with Crippen molar-refractivity contribution >= 4 is 47.0 Å². The van der Waals surface area contributed by atoms with Crippen molar-refractivity contribution in [1.29, 1.82) is 0 Å². The van der Waals surface area contributed by atoms with Crippen LogP contribution in [0.5, 0.6) is 23.3 Å². The highest BCUT2D eigenvalue weighted by Crippen LogP contribution is 2.29. The minimum absolute atomic E-state index is 0.00465. The standard InChI is InChI=1S/C25H24ClFN2O4.C21H16ClFN2O4/c1-15(16-8-10-17(11-9-16)24(31)33-25(2,3)4)29-22(30)21-12-18(26)14-28-23(21)32-20-7-5-6-19(27)13-20;1-12(13-5-7-14(8-6-13)21(27)28)25-19(26)18-9-15(22)11-24-20(18)29-17-4-2-3-16(23)10-17/h5-15H,1-4H3,(H,29,30);2-12H,1H3,(H,25,26)(H,27,28)/t15-;12-/m00/s1. The number of carbonyl (C=O) groups is 4. The molecular formula is C46H40Cl2F2N4O8. The maximum absolute atomic E-state index is 13.5. The Morgan fingerprint density at radius 1 is 0.629 bits per heavy atom. The molecule has 0 bridgehead atoms. The summed E-state index contributed by atoms with van der Waals surface area (Å²) in [4.78, 5) is 57.0. The smallest absolute Gasteiger partial charge is 0.338 e. The van der Waals surface area contributed by atoms with Crippen LogP contribution in [0.2, 0.25) is 10.0 Å². The van der Waals surface area contributed by atoms with Crippen LogP contribution < -0.4 is 20.1 Å². The largest absolute Gasteiger partial charge is 0.478 e. The summed E-state index contributed by atoms with van der Waals surface area (Å²) in [5.74, 6) is -3.03. The molecule has 0 fully saturated rings. The van der Waals surface area contributed by atoms with Crippen molar-refractivity contribution < 1.29 is 47.3 Å². The highest BCUT2D eigenvalue weighted by molar-refractivity contribution is 6.31. The highest BCUT2D eigenvalue weighted by atomic mass is 35.5. The van der Waals surface area contributed by atoms with Gasteiger partial charge < -0.3 is 30.0 Å². The highest BCUT2D eigenvalue weighted by Gasteiger charge is 2.22. The summed E-state index contributed by atoms with van der Waals surface area (Å²) in [6, 6.07) is 25.9. The van der Waals surface area contributed by atoms with E-state index >= 15 is 0 Å². The van der Waals surface area contributed by atoms with E-state index in [2.05, 4.69) is 20.6 Å². The first kappa shape index (κ1) is 46.2. The number of esters is 1. The summed E-state index contributed by atoms with van der Waals surface area (Å²) < 4.78 is 43.4. The van der Waals surface area contributed by atoms with Crippen molar-refractivity contribution in [3.05, 3.63) is 177 Å². The molecule has 2 amide bonds. The second kappa shape index (κ2) is 20.6. The molecule has 0 aliphatic heterocycles. The van der Waals surface area contributed by atoms with Crippen molar-refractivity contribution in [3.8, 4) is 23.3 Å². The zero-order valence-corrected chi connectivity index (χ0v) is 35.4. The van der Waals surface area contributed by atoms with Gasteiger partial charge in [-0.05, 0) is 106 Å². The molecule has 12 nitrogen and oxygen atoms in total. The van der Waals surface area contributed by atoms with Gasteiger partial charge in [0.2, 0.25) is 11.8 Å². The summed E-state index contributed by atoms with van der Waals surface area (Å²) in [7, 11) is 0. The molecule has 0 saturated carbocycles. The van der Waals surface area contributed by atoms with E-state index in [0.717, 1.165) is 5.56 Å². The molecule has 2 atom stereocenters. The number of nitrogens with zero attached hydrogens (tertiary/aromatic N) is 2. The van der Waals surface area contributed by atoms with Crippen molar-refractivity contribution in [1.82, 2.24) is 20.6 Å². The quantitative estimate of drug-likeness (QED) is 0.101. The maximum Gasteiger partial charge on any atom is 0.338 e. The number of amides is 2. The van der Waals surface area contributed by atoms with Gasteiger partial charge in [0.1, 0.15) is 39.9 Å². The first-order chi connectivity index (χ1) is 29.3. The molecule has 3 N–H and O–H groups in total. The zero-order valence-electron chi connectivity index (χ0n) is 33.9. The normalized spacial score (nSPS) is 11.8. The molecule has 16 heteroatoms. The number of nitrogens with one attached hydrogen (secondary N) is 2. The summed E-state index contributed by atoms with van der Waals surface area (Å²) in [5, 5.41) is 15.1. The van der Waals surface area contributed by atoms with Gasteiger partial charge in [0.05, 0.1) is 33.3 Å². The average Bonchev–Trinajstić information content (AvgIpc) is 3.21. The Morgan fingerprint density at radius 2 is 1.03 bits per heavy atom. The molecule has 2 aromatic heterocycles. The van der Waals surface area contributed by atoms with E-state index in [4.69, 9.17) is 42.5 Å². The Balaban J connectivity index is 0.000000236. The zero-order chi connectivity index (χ0) is 45.1. The van der Waals surface area contributed by atoms with E-state index in [-0.39, 0.29) is 50.0 Å². The lowest BCUT2D eigenvalue weighted by atomic mass is 10.1. The minimum atomic E-state index is -1.03. The number of aromatic carboxylic acids is 1. The van der Waals surface area contributed by atoms with Crippen LogP contribution in [0, 0.1) is 11.6 Å². The third-order valence-corrected chi connectivity index (χ3v) is 8.96. The molecule has 2 heterocycles. The molecule has 0 spiro atoms. The Kier molecular flexibility index (Phi) is 15.3. The SMILES string of the molecule is C[C@H](NC(=O)c1cc(Cl)cnc1Oc1cccc(F)c1)c1ccc(C(=O)O)cc1.C[C@H](NC(=O)c1cc(Cl)cnc1Oc1cccc(F)c1)c1ccc(C(=O)OC(C)(C)C)cc1. The summed E-state index contributed by atoms with van der Waals surface area (Å²) in [6.45, 7) is 8.94. The van der Waals surface area contributed by atoms with E-state index in [1.165, 1.54) is 79.1 Å². The summed E-state index contributed by atoms with van der Waals surface area (Å²) in [5.41, 5.74) is 1.64. The molecular weight excluding hydrogens is 845 g/mol. The molecule has 0 radical (unpaired) electrons. The maximum atomic E-state index is 13.5. The van der Waals surface area contributed by atoms with Crippen LogP contribution in [0.15, 0.2) is 122 Å². The van der Waals surface area contributed by atoms with Crippen molar-refractivity contribution in [2.45, 2.75) is 52.3 Å². The van der Waals surface area contributed by atoms with Gasteiger partial charge in [-0.2, -0.15) is 0 Å². The molecule has 0 saturated heterocycles. The van der Waals surface area contributed by atoms with Gasteiger partial charge in [-0.15, -0.1) is 0 Å². The van der Waals surface area contributed by atoms with E-state index in [0.29, 0.717) is 11.1 Å². The number of rotatable bonds is 12. The second-order valence-electron chi connectivity index (χ2n) is 14.6. The number of carboxylic acids is 1. The first-order valence-corrected chi connectivity index (χ1v) is 19.6. The number of carbonyl (C=O) groups excluding carboxylic acids is 3. The molecule has 6 rings (SSSR count). The van der Waals surface area contributed by atoms with Crippen molar-refractivity contribution in [3.63, 3.8) is 0 Å². The van der Waals surface area contributed by atoms with Gasteiger partial charge >= 0.3 is 11.9 Å². The van der Waals surface area contributed by atoms with E-state index < -0.39 is 53.1 Å². The Bertz CT molecular complexity index is 2570. The van der Waals surface area contributed by atoms with Gasteiger partial charge in [0, 0.05) is 24.5 Å². The number of hydrogen-bond acceptors (Lipinski definition) is 9. The molecule has 62 heavy (non-hydrogen) atoms. The van der Waals surface area contributed by atoms with Crippen molar-refractivity contribution in [2.24, 2.45) is 0 Å². The lowest BCUT2D eigenvalue weighted by Crippen LogP contribution is -2.27. The molecule has 6 aromatic rings. The molecule has 4 aromatic carbocycles. The van der Waals surface area contributed by atoms with Gasteiger partial charge in [-0.1, -0.05) is 59.6 Å². The lowest BCUT2D eigenvalue weighted by Gasteiger charge is -2.20. The van der Waals surface area contributed by atoms with E-state index in [9.17, 15) is 28.0 Å². The van der Waals surface area contributed by atoms with Crippen LogP contribution in [0.25, 0.3) is 0 Å². The lowest BCUT2D eigenvalue weighted by molar-refractivity contribution is 0.00689. The van der Waals surface area contributed by atoms with Crippen molar-refractivity contribution in [2.75, 3.05) is 0 Å². The Hall–Kier alpha value is -6.90. The fourth-order valence-electron chi connectivity index (χ4n) is 5.50. The van der Waals surface area contributed by atoms with Crippen LogP contribution in [0.4, 0.5) is 8.78 Å². The molecule has 0 unspecified atom stereocenters. The number of carboxylic acid groups (broad SMARTS) is 1. The van der Waals surface area contributed by atoms with Crippen LogP contribution >= 0.6 is 23.2 Å². The van der Waals surface area contributed by atoms with Gasteiger partial charge in [0.25, 0.3) is 11.8 Å². The third kappa shape index (κ3) is 13.3. The summed E-state index contributed by atoms with van der Waals surface area (Å²) >= 11 is 12.0. The molecule has 0 aliphatic carbocycles. The van der Waals surface area contributed by atoms with Crippen LogP contribution in [0.3, 0.4) is 0 Å². The Labute approximate surface area is 365 Å². The van der Waals surface area contributed by atoms with Gasteiger partial charge in [0.15, 0.2) is 0 Å². The van der Waals surface area contributed by atoms with E-state index in [1.54, 1.807) is 77.1 Å². The van der Waals surface area contributed by atoms with E-state index in [1.807, 2.05) is 0 Å².